The molecule has 0 radical (unpaired) electrons. The summed E-state index contributed by atoms with van der Waals surface area (Å²) in [5.74, 6) is -0.692. The van der Waals surface area contributed by atoms with Gasteiger partial charge in [-0.05, 0) is 49.2 Å². The molecule has 1 aromatic heterocycles. The Morgan fingerprint density at radius 3 is 2.74 bits per heavy atom. The number of carbonyl (C=O) groups is 1. The minimum Gasteiger partial charge on any atom is -0.350 e. The molecule has 27 heavy (non-hydrogen) atoms. The topological polar surface area (TPSA) is 82.3 Å². The highest BCUT2D eigenvalue weighted by Crippen LogP contribution is 2.27. The SMILES string of the molecule is Cc1ccc(F)c2cc(C(=O)Nc3cccc(N4CCCS4(=O)=O)c3)[nH]c12. The number of aromatic amines is 1. The van der Waals surface area contributed by atoms with Crippen LogP contribution in [0.2, 0.25) is 0 Å². The van der Waals surface area contributed by atoms with E-state index >= 15 is 0 Å². The molecule has 1 aliphatic heterocycles. The lowest BCUT2D eigenvalue weighted by atomic mass is 10.1. The van der Waals surface area contributed by atoms with Crippen LogP contribution in [0.25, 0.3) is 10.9 Å². The third kappa shape index (κ3) is 3.16. The molecule has 1 aliphatic rings. The summed E-state index contributed by atoms with van der Waals surface area (Å²) < 4.78 is 39.5. The van der Waals surface area contributed by atoms with Crippen LogP contribution in [0.5, 0.6) is 0 Å². The first-order chi connectivity index (χ1) is 12.8. The molecule has 1 fully saturated rings. The van der Waals surface area contributed by atoms with Gasteiger partial charge >= 0.3 is 0 Å². The van der Waals surface area contributed by atoms with E-state index in [0.717, 1.165) is 5.56 Å². The number of sulfonamides is 1. The molecular weight excluding hydrogens is 369 g/mol. The third-order valence-corrected chi connectivity index (χ3v) is 6.55. The smallest absolute Gasteiger partial charge is 0.272 e. The van der Waals surface area contributed by atoms with Gasteiger partial charge in [-0.2, -0.15) is 0 Å². The lowest BCUT2D eigenvalue weighted by Gasteiger charge is -2.17. The lowest BCUT2D eigenvalue weighted by Crippen LogP contribution is -2.25. The van der Waals surface area contributed by atoms with E-state index in [0.29, 0.717) is 35.2 Å². The van der Waals surface area contributed by atoms with Crippen molar-refractivity contribution < 1.29 is 17.6 Å². The van der Waals surface area contributed by atoms with E-state index in [2.05, 4.69) is 10.3 Å². The van der Waals surface area contributed by atoms with Crippen molar-refractivity contribution in [3.8, 4) is 0 Å². The zero-order valence-electron chi connectivity index (χ0n) is 14.6. The van der Waals surface area contributed by atoms with E-state index in [1.54, 1.807) is 30.3 Å². The summed E-state index contributed by atoms with van der Waals surface area (Å²) >= 11 is 0. The van der Waals surface area contributed by atoms with Gasteiger partial charge in [0.1, 0.15) is 11.5 Å². The Balaban J connectivity index is 1.61. The predicted molar refractivity (Wildman–Crippen MR) is 103 cm³/mol. The van der Waals surface area contributed by atoms with E-state index in [9.17, 15) is 17.6 Å². The van der Waals surface area contributed by atoms with E-state index in [1.807, 2.05) is 6.92 Å². The van der Waals surface area contributed by atoms with Crippen molar-refractivity contribution in [2.75, 3.05) is 21.9 Å². The molecular formula is C19H18FN3O3S. The summed E-state index contributed by atoms with van der Waals surface area (Å²) in [7, 11) is -3.29. The molecule has 6 nitrogen and oxygen atoms in total. The quantitative estimate of drug-likeness (QED) is 0.723. The Kier molecular flexibility index (Phi) is 4.15. The largest absolute Gasteiger partial charge is 0.350 e. The zero-order valence-corrected chi connectivity index (χ0v) is 15.4. The Morgan fingerprint density at radius 2 is 2.04 bits per heavy atom. The van der Waals surface area contributed by atoms with E-state index in [-0.39, 0.29) is 11.4 Å². The Hall–Kier alpha value is -2.87. The molecule has 2 N–H and O–H groups in total. The molecule has 0 unspecified atom stereocenters. The fourth-order valence-corrected chi connectivity index (χ4v) is 4.87. The maximum Gasteiger partial charge on any atom is 0.272 e. The molecule has 0 aliphatic carbocycles. The van der Waals surface area contributed by atoms with Crippen molar-refractivity contribution in [1.82, 2.24) is 4.98 Å². The summed E-state index contributed by atoms with van der Waals surface area (Å²) in [4.78, 5) is 15.5. The van der Waals surface area contributed by atoms with Gasteiger partial charge in [-0.3, -0.25) is 9.10 Å². The molecule has 0 spiro atoms. The lowest BCUT2D eigenvalue weighted by molar-refractivity contribution is 0.102. The van der Waals surface area contributed by atoms with Crippen LogP contribution in [0, 0.1) is 12.7 Å². The molecule has 1 amide bonds. The number of fused-ring (bicyclic) bond motifs is 1. The normalized spacial score (nSPS) is 16.0. The molecule has 140 valence electrons. The van der Waals surface area contributed by atoms with Crippen molar-refractivity contribution in [3.63, 3.8) is 0 Å². The number of carbonyl (C=O) groups excluding carboxylic acids is 1. The van der Waals surface area contributed by atoms with Gasteiger partial charge in [-0.25, -0.2) is 12.8 Å². The van der Waals surface area contributed by atoms with Gasteiger partial charge in [-0.15, -0.1) is 0 Å². The molecule has 0 atom stereocenters. The average Bonchev–Trinajstić information content (AvgIpc) is 3.23. The molecule has 3 aromatic rings. The van der Waals surface area contributed by atoms with Gasteiger partial charge in [-0.1, -0.05) is 12.1 Å². The van der Waals surface area contributed by atoms with Gasteiger partial charge < -0.3 is 10.3 Å². The van der Waals surface area contributed by atoms with Gasteiger partial charge in [0.25, 0.3) is 5.91 Å². The number of benzene rings is 2. The van der Waals surface area contributed by atoms with Crippen LogP contribution in [0.1, 0.15) is 22.5 Å². The molecule has 8 heteroatoms. The van der Waals surface area contributed by atoms with Gasteiger partial charge in [0.05, 0.1) is 17.0 Å². The summed E-state index contributed by atoms with van der Waals surface area (Å²) in [6.07, 6.45) is 0.582. The fourth-order valence-electron chi connectivity index (χ4n) is 3.31. The molecule has 2 heterocycles. The van der Waals surface area contributed by atoms with E-state index < -0.39 is 21.7 Å². The van der Waals surface area contributed by atoms with Crippen LogP contribution in [0.3, 0.4) is 0 Å². The molecule has 1 saturated heterocycles. The number of amides is 1. The first-order valence-electron chi connectivity index (χ1n) is 8.55. The Bertz CT molecular complexity index is 1120. The van der Waals surface area contributed by atoms with Crippen LogP contribution in [0.4, 0.5) is 15.8 Å². The number of halogens is 1. The van der Waals surface area contributed by atoms with Crippen LogP contribution in [-0.2, 0) is 10.0 Å². The minimum atomic E-state index is -3.29. The van der Waals surface area contributed by atoms with Gasteiger partial charge in [0.2, 0.25) is 10.0 Å². The number of hydrogen-bond acceptors (Lipinski definition) is 3. The van der Waals surface area contributed by atoms with Crippen molar-refractivity contribution in [1.29, 1.82) is 0 Å². The maximum absolute atomic E-state index is 14.0. The highest BCUT2D eigenvalue weighted by molar-refractivity contribution is 7.93. The molecule has 4 rings (SSSR count). The average molecular weight is 387 g/mol. The number of aryl methyl sites for hydroxylation is 1. The van der Waals surface area contributed by atoms with Crippen LogP contribution < -0.4 is 9.62 Å². The summed E-state index contributed by atoms with van der Waals surface area (Å²) in [6.45, 7) is 2.26. The molecule has 0 saturated carbocycles. The number of hydrogen-bond donors (Lipinski definition) is 2. The van der Waals surface area contributed by atoms with Crippen LogP contribution in [-0.4, -0.2) is 31.6 Å². The predicted octanol–water partition coefficient (Wildman–Crippen LogP) is 3.41. The highest BCUT2D eigenvalue weighted by atomic mass is 32.2. The summed E-state index contributed by atoms with van der Waals surface area (Å²) in [5.41, 5.74) is 2.64. The Morgan fingerprint density at radius 1 is 1.22 bits per heavy atom. The van der Waals surface area contributed by atoms with Crippen molar-refractivity contribution in [2.24, 2.45) is 0 Å². The fraction of sp³-hybridized carbons (Fsp3) is 0.211. The van der Waals surface area contributed by atoms with Gasteiger partial charge in [0.15, 0.2) is 0 Å². The number of rotatable bonds is 3. The summed E-state index contributed by atoms with van der Waals surface area (Å²) in [6, 6.07) is 11.2. The number of anilines is 2. The van der Waals surface area contributed by atoms with E-state index in [1.165, 1.54) is 16.4 Å². The van der Waals surface area contributed by atoms with Crippen molar-refractivity contribution in [2.45, 2.75) is 13.3 Å². The highest BCUT2D eigenvalue weighted by Gasteiger charge is 2.28. The van der Waals surface area contributed by atoms with Crippen LogP contribution in [0.15, 0.2) is 42.5 Å². The Labute approximate surface area is 156 Å². The minimum absolute atomic E-state index is 0.129. The maximum atomic E-state index is 14.0. The number of nitrogens with zero attached hydrogens (tertiary/aromatic N) is 1. The summed E-state index contributed by atoms with van der Waals surface area (Å²) in [5, 5.41) is 3.09. The molecule has 0 bridgehead atoms. The monoisotopic (exact) mass is 387 g/mol. The second-order valence-corrected chi connectivity index (χ2v) is 8.59. The van der Waals surface area contributed by atoms with E-state index in [4.69, 9.17) is 0 Å². The standard InChI is InChI=1S/C19H18FN3O3S/c1-12-6-7-16(20)15-11-17(22-18(12)15)19(24)21-13-4-2-5-14(10-13)23-8-3-9-27(23,25)26/h2,4-7,10-11,22H,3,8-9H2,1H3,(H,21,24). The number of H-pyrrole nitrogens is 1. The third-order valence-electron chi connectivity index (χ3n) is 4.68. The van der Waals surface area contributed by atoms with Crippen molar-refractivity contribution in [3.05, 3.63) is 59.5 Å². The second kappa shape index (κ2) is 6.38. The second-order valence-electron chi connectivity index (χ2n) is 6.58. The first kappa shape index (κ1) is 17.5. The van der Waals surface area contributed by atoms with Gasteiger partial charge in [0, 0.05) is 17.6 Å². The first-order valence-corrected chi connectivity index (χ1v) is 10.2. The van der Waals surface area contributed by atoms with Crippen LogP contribution >= 0.6 is 0 Å². The number of aromatic nitrogens is 1. The number of nitrogens with one attached hydrogen (secondary N) is 2. The molecule has 2 aromatic carbocycles. The van der Waals surface area contributed by atoms with Crippen molar-refractivity contribution >= 4 is 38.2 Å². The zero-order chi connectivity index (χ0) is 19.2.